The number of carbonyl (C=O) groups excluding carboxylic acids is 1. The van der Waals surface area contributed by atoms with E-state index >= 15 is 0 Å². The van der Waals surface area contributed by atoms with Gasteiger partial charge in [-0.3, -0.25) is 9.78 Å². The van der Waals surface area contributed by atoms with E-state index in [1.807, 2.05) is 31.4 Å². The lowest BCUT2D eigenvalue weighted by Crippen LogP contribution is -2.30. The summed E-state index contributed by atoms with van der Waals surface area (Å²) < 4.78 is 6.00. The van der Waals surface area contributed by atoms with Gasteiger partial charge in [0.2, 0.25) is 5.91 Å². The smallest absolute Gasteiger partial charge is 0.227 e. The van der Waals surface area contributed by atoms with Gasteiger partial charge in [0, 0.05) is 37.5 Å². The van der Waals surface area contributed by atoms with Gasteiger partial charge in [-0.25, -0.2) is 0 Å². The molecule has 1 fully saturated rings. The molecule has 2 aliphatic heterocycles. The van der Waals surface area contributed by atoms with Gasteiger partial charge >= 0.3 is 0 Å². The van der Waals surface area contributed by atoms with Crippen molar-refractivity contribution >= 4 is 11.6 Å². The number of hydrogen-bond donors (Lipinski definition) is 1. The second-order valence-corrected chi connectivity index (χ2v) is 6.44. The number of anilines is 1. The van der Waals surface area contributed by atoms with Crippen LogP contribution in [0.4, 0.5) is 5.69 Å². The molecule has 0 saturated carbocycles. The van der Waals surface area contributed by atoms with E-state index in [0.29, 0.717) is 6.42 Å². The standard InChI is InChI=1S/C19H21N3O2/c1-22-18-4-2-13(8-14(18)3-5-19(22)23)15-9-17(12-21-10-15)24-16-6-7-20-11-16/h2,4,8-10,12,16,20H,3,5-7,11H2,1H3/t16-/m1/s1. The molecule has 5 nitrogen and oxygen atoms in total. The zero-order valence-electron chi connectivity index (χ0n) is 13.8. The molecule has 1 N–H and O–H groups in total. The van der Waals surface area contributed by atoms with Gasteiger partial charge in [0.05, 0.1) is 6.20 Å². The summed E-state index contributed by atoms with van der Waals surface area (Å²) in [6.45, 7) is 1.90. The first-order chi connectivity index (χ1) is 11.7. The number of rotatable bonds is 3. The number of carbonyl (C=O) groups is 1. The van der Waals surface area contributed by atoms with Gasteiger partial charge in [0.15, 0.2) is 0 Å². The molecule has 3 heterocycles. The maximum absolute atomic E-state index is 11.8. The van der Waals surface area contributed by atoms with Crippen molar-refractivity contribution in [3.05, 3.63) is 42.2 Å². The minimum atomic E-state index is 0.178. The zero-order valence-corrected chi connectivity index (χ0v) is 13.8. The van der Waals surface area contributed by atoms with E-state index in [9.17, 15) is 4.79 Å². The number of amides is 1. The highest BCUT2D eigenvalue weighted by molar-refractivity contribution is 5.96. The molecule has 1 saturated heterocycles. The van der Waals surface area contributed by atoms with Crippen LogP contribution in [0.1, 0.15) is 18.4 Å². The minimum Gasteiger partial charge on any atom is -0.487 e. The molecule has 24 heavy (non-hydrogen) atoms. The first kappa shape index (κ1) is 15.1. The average Bonchev–Trinajstić information content (AvgIpc) is 3.11. The number of aryl methyl sites for hydroxylation is 1. The number of fused-ring (bicyclic) bond motifs is 1. The predicted molar refractivity (Wildman–Crippen MR) is 93.3 cm³/mol. The highest BCUT2D eigenvalue weighted by Crippen LogP contribution is 2.32. The summed E-state index contributed by atoms with van der Waals surface area (Å²) in [4.78, 5) is 17.9. The van der Waals surface area contributed by atoms with Crippen LogP contribution >= 0.6 is 0 Å². The molecule has 0 unspecified atom stereocenters. The fourth-order valence-corrected chi connectivity index (χ4v) is 3.40. The second kappa shape index (κ2) is 6.24. The molecule has 0 spiro atoms. The van der Waals surface area contributed by atoms with E-state index in [1.54, 1.807) is 11.1 Å². The van der Waals surface area contributed by atoms with Crippen molar-refractivity contribution in [2.75, 3.05) is 25.0 Å². The van der Waals surface area contributed by atoms with Crippen LogP contribution in [0.15, 0.2) is 36.7 Å². The molecule has 0 aliphatic carbocycles. The van der Waals surface area contributed by atoms with E-state index in [1.165, 1.54) is 5.56 Å². The summed E-state index contributed by atoms with van der Waals surface area (Å²) in [6, 6.07) is 8.28. The largest absolute Gasteiger partial charge is 0.487 e. The SMILES string of the molecule is CN1C(=O)CCc2cc(-c3cncc(O[C@@H]4CCNC4)c3)ccc21. The van der Waals surface area contributed by atoms with Crippen LogP contribution in [0, 0.1) is 0 Å². The Morgan fingerprint density at radius 2 is 2.12 bits per heavy atom. The summed E-state index contributed by atoms with van der Waals surface area (Å²) in [7, 11) is 1.84. The van der Waals surface area contributed by atoms with Crippen LogP contribution in [-0.4, -0.2) is 37.1 Å². The number of hydrogen-bond acceptors (Lipinski definition) is 4. The van der Waals surface area contributed by atoms with E-state index < -0.39 is 0 Å². The molecule has 1 amide bonds. The molecule has 2 aromatic rings. The van der Waals surface area contributed by atoms with Gasteiger partial charge < -0.3 is 15.0 Å². The Morgan fingerprint density at radius 3 is 2.96 bits per heavy atom. The highest BCUT2D eigenvalue weighted by atomic mass is 16.5. The fraction of sp³-hybridized carbons (Fsp3) is 0.368. The summed E-state index contributed by atoms with van der Waals surface area (Å²) in [5, 5.41) is 3.30. The number of nitrogens with one attached hydrogen (secondary N) is 1. The van der Waals surface area contributed by atoms with Gasteiger partial charge in [-0.2, -0.15) is 0 Å². The van der Waals surface area contributed by atoms with E-state index in [-0.39, 0.29) is 12.0 Å². The third kappa shape index (κ3) is 2.87. The Balaban J connectivity index is 1.60. The Kier molecular flexibility index (Phi) is 3.94. The molecule has 0 radical (unpaired) electrons. The normalized spacial score (nSPS) is 20.1. The quantitative estimate of drug-likeness (QED) is 0.942. The summed E-state index contributed by atoms with van der Waals surface area (Å²) >= 11 is 0. The van der Waals surface area contributed by atoms with Crippen molar-refractivity contribution in [3.63, 3.8) is 0 Å². The summed E-state index contributed by atoms with van der Waals surface area (Å²) in [5.74, 6) is 0.990. The zero-order chi connectivity index (χ0) is 16.5. The molecular weight excluding hydrogens is 302 g/mol. The third-order valence-corrected chi connectivity index (χ3v) is 4.79. The molecule has 4 rings (SSSR count). The Labute approximate surface area is 141 Å². The van der Waals surface area contributed by atoms with E-state index in [0.717, 1.165) is 48.5 Å². The topological polar surface area (TPSA) is 54.5 Å². The fourth-order valence-electron chi connectivity index (χ4n) is 3.40. The van der Waals surface area contributed by atoms with E-state index in [2.05, 4.69) is 16.4 Å². The molecule has 1 atom stereocenters. The monoisotopic (exact) mass is 323 g/mol. The van der Waals surface area contributed by atoms with Crippen LogP contribution in [0.2, 0.25) is 0 Å². The summed E-state index contributed by atoms with van der Waals surface area (Å²) in [6.07, 6.45) is 6.26. The maximum Gasteiger partial charge on any atom is 0.227 e. The number of benzene rings is 1. The van der Waals surface area contributed by atoms with Gasteiger partial charge in [-0.05, 0) is 48.7 Å². The number of aromatic nitrogens is 1. The summed E-state index contributed by atoms with van der Waals surface area (Å²) in [5.41, 5.74) is 4.37. The van der Waals surface area contributed by atoms with Crippen LogP contribution in [0.5, 0.6) is 5.75 Å². The molecule has 1 aromatic carbocycles. The van der Waals surface area contributed by atoms with Gasteiger partial charge in [0.1, 0.15) is 11.9 Å². The minimum absolute atomic E-state index is 0.178. The third-order valence-electron chi connectivity index (χ3n) is 4.79. The molecule has 0 bridgehead atoms. The molecule has 2 aliphatic rings. The molecule has 124 valence electrons. The van der Waals surface area contributed by atoms with Gasteiger partial charge in [0.25, 0.3) is 0 Å². The van der Waals surface area contributed by atoms with E-state index in [4.69, 9.17) is 4.74 Å². The lowest BCUT2D eigenvalue weighted by molar-refractivity contribution is -0.118. The first-order valence-corrected chi connectivity index (χ1v) is 8.43. The Hall–Kier alpha value is -2.40. The molecule has 1 aromatic heterocycles. The number of ether oxygens (including phenoxy) is 1. The van der Waals surface area contributed by atoms with Crippen LogP contribution in [-0.2, 0) is 11.2 Å². The number of nitrogens with zero attached hydrogens (tertiary/aromatic N) is 2. The number of pyridine rings is 1. The lowest BCUT2D eigenvalue weighted by atomic mass is 9.97. The average molecular weight is 323 g/mol. The highest BCUT2D eigenvalue weighted by Gasteiger charge is 2.21. The van der Waals surface area contributed by atoms with Gasteiger partial charge in [-0.1, -0.05) is 6.07 Å². The predicted octanol–water partition coefficient (Wildman–Crippen LogP) is 2.40. The van der Waals surface area contributed by atoms with Crippen molar-refractivity contribution < 1.29 is 9.53 Å². The van der Waals surface area contributed by atoms with Crippen LogP contribution in [0.25, 0.3) is 11.1 Å². The first-order valence-electron chi connectivity index (χ1n) is 8.43. The van der Waals surface area contributed by atoms with Crippen molar-refractivity contribution in [1.82, 2.24) is 10.3 Å². The van der Waals surface area contributed by atoms with Crippen LogP contribution < -0.4 is 15.0 Å². The Bertz CT molecular complexity index is 769. The van der Waals surface area contributed by atoms with Crippen molar-refractivity contribution in [1.29, 1.82) is 0 Å². The second-order valence-electron chi connectivity index (χ2n) is 6.44. The lowest BCUT2D eigenvalue weighted by Gasteiger charge is -2.26. The van der Waals surface area contributed by atoms with Crippen molar-refractivity contribution in [2.45, 2.75) is 25.4 Å². The van der Waals surface area contributed by atoms with Crippen LogP contribution in [0.3, 0.4) is 0 Å². The van der Waals surface area contributed by atoms with Crippen molar-refractivity contribution in [3.8, 4) is 16.9 Å². The maximum atomic E-state index is 11.8. The van der Waals surface area contributed by atoms with Crippen molar-refractivity contribution in [2.24, 2.45) is 0 Å². The molecule has 5 heteroatoms. The van der Waals surface area contributed by atoms with Gasteiger partial charge in [-0.15, -0.1) is 0 Å². The Morgan fingerprint density at radius 1 is 1.21 bits per heavy atom. The molecular formula is C19H21N3O2.